The van der Waals surface area contributed by atoms with Gasteiger partial charge in [-0.3, -0.25) is 19.3 Å². The monoisotopic (exact) mass is 488 g/mol. The largest absolute Gasteiger partial charge is 0.379 e. The fraction of sp³-hybridized carbons (Fsp3) is 0.200. The zero-order chi connectivity index (χ0) is 23.0. The third-order valence-electron chi connectivity index (χ3n) is 4.75. The second-order valence-electron chi connectivity index (χ2n) is 6.90. The molecule has 12 heteroatoms. The van der Waals surface area contributed by atoms with Crippen LogP contribution < -0.4 is 11.2 Å². The summed E-state index contributed by atoms with van der Waals surface area (Å²) in [6.07, 6.45) is 0.0128. The Balaban J connectivity index is 1.60. The Morgan fingerprint density at radius 3 is 2.69 bits per heavy atom. The van der Waals surface area contributed by atoms with E-state index in [1.54, 1.807) is 31.2 Å². The first-order chi connectivity index (χ1) is 15.3. The number of nitrogens with two attached hydrogens (primary N) is 1. The van der Waals surface area contributed by atoms with Crippen molar-refractivity contribution in [3.05, 3.63) is 57.2 Å². The molecule has 3 heterocycles. The molecule has 2 aromatic rings. The Morgan fingerprint density at radius 2 is 2.03 bits per heavy atom. The van der Waals surface area contributed by atoms with Crippen molar-refractivity contribution in [2.75, 3.05) is 5.75 Å². The van der Waals surface area contributed by atoms with E-state index in [1.807, 2.05) is 6.07 Å². The zero-order valence-corrected chi connectivity index (χ0v) is 19.1. The van der Waals surface area contributed by atoms with Crippen LogP contribution in [0.3, 0.4) is 0 Å². The molecule has 164 valence electrons. The molecule has 0 spiro atoms. The van der Waals surface area contributed by atoms with Gasteiger partial charge in [-0.15, -0.1) is 23.1 Å². The number of nitrogens with zero attached hydrogens (tertiary/aromatic N) is 2. The summed E-state index contributed by atoms with van der Waals surface area (Å²) in [6.45, 7) is 1.69. The molecule has 3 N–H and O–H groups in total. The van der Waals surface area contributed by atoms with Crippen LogP contribution >= 0.6 is 35.3 Å². The van der Waals surface area contributed by atoms with Crippen LogP contribution in [0.15, 0.2) is 36.0 Å². The lowest BCUT2D eigenvalue weighted by Gasteiger charge is -2.44. The van der Waals surface area contributed by atoms with E-state index in [1.165, 1.54) is 28.0 Å². The number of aryl methyl sites for hydroxylation is 1. The molecule has 0 radical (unpaired) electrons. The van der Waals surface area contributed by atoms with Crippen molar-refractivity contribution in [3.63, 3.8) is 0 Å². The number of amides is 3. The van der Waals surface area contributed by atoms with E-state index in [0.29, 0.717) is 21.2 Å². The average Bonchev–Trinajstić information content (AvgIpc) is 3.18. The third-order valence-corrected chi connectivity index (χ3v) is 7.54. The highest BCUT2D eigenvalue weighted by atomic mass is 32.2. The van der Waals surface area contributed by atoms with Crippen LogP contribution in [0.1, 0.15) is 25.9 Å². The Kier molecular flexibility index (Phi) is 6.09. The Labute approximate surface area is 196 Å². The molecule has 32 heavy (non-hydrogen) atoms. The van der Waals surface area contributed by atoms with Crippen LogP contribution in [0, 0.1) is 6.92 Å². The van der Waals surface area contributed by atoms with E-state index in [9.17, 15) is 19.2 Å². The van der Waals surface area contributed by atoms with E-state index in [4.69, 9.17) is 22.8 Å². The van der Waals surface area contributed by atoms with Gasteiger partial charge in [-0.25, -0.2) is 9.78 Å². The summed E-state index contributed by atoms with van der Waals surface area (Å²) in [7, 11) is 0. The number of β-lactam (4-membered cyclic amide) rings is 1. The van der Waals surface area contributed by atoms with Gasteiger partial charge in [0, 0.05) is 16.2 Å². The number of fused-ring (bicyclic) bond motifs is 1. The van der Waals surface area contributed by atoms with Crippen LogP contribution in [-0.2, 0) is 25.6 Å². The van der Waals surface area contributed by atoms with Crippen molar-refractivity contribution in [3.8, 4) is 0 Å². The molecule has 0 saturated carbocycles. The summed E-state index contributed by atoms with van der Waals surface area (Å²) in [5, 5.41) is -0.101. The van der Waals surface area contributed by atoms with Crippen LogP contribution in [0.2, 0.25) is 0 Å². The first-order valence-electron chi connectivity index (χ1n) is 9.31. The number of carbonyl (C=O) groups excluding carboxylic acids is 4. The highest BCUT2D eigenvalue weighted by Gasteiger charge is 2.51. The fourth-order valence-corrected chi connectivity index (χ4v) is 5.90. The minimum atomic E-state index is -0.920. The van der Waals surface area contributed by atoms with Crippen LogP contribution in [-0.4, -0.2) is 49.6 Å². The summed E-state index contributed by atoms with van der Waals surface area (Å²) in [4.78, 5) is 60.4. The first kappa shape index (κ1) is 22.1. The molecule has 0 aliphatic carbocycles. The maximum Gasteiger partial charge on any atom is 0.379 e. The number of benzene rings is 1. The van der Waals surface area contributed by atoms with E-state index in [-0.39, 0.29) is 22.7 Å². The molecule has 1 atom stereocenters. The lowest BCUT2D eigenvalue weighted by molar-refractivity contribution is -0.156. The highest BCUT2D eigenvalue weighted by Crippen LogP contribution is 2.43. The average molecular weight is 489 g/mol. The summed E-state index contributed by atoms with van der Waals surface area (Å²) >= 11 is 7.64. The van der Waals surface area contributed by atoms with Crippen molar-refractivity contribution in [1.29, 1.82) is 0 Å². The molecule has 4 rings (SSSR count). The Morgan fingerprint density at radius 1 is 1.31 bits per heavy atom. The molecule has 2 aliphatic heterocycles. The molecular weight excluding hydrogens is 472 g/mol. The molecule has 1 aromatic heterocycles. The third kappa shape index (κ3) is 4.04. The molecule has 9 nitrogen and oxygen atoms in total. The van der Waals surface area contributed by atoms with Crippen LogP contribution in [0.4, 0.5) is 0 Å². The molecule has 2 aliphatic rings. The van der Waals surface area contributed by atoms with Crippen molar-refractivity contribution in [2.24, 2.45) is 5.73 Å². The number of carbonyl (C=O) groups is 4. The maximum absolute atomic E-state index is 13.0. The number of thiazole rings is 1. The summed E-state index contributed by atoms with van der Waals surface area (Å²) in [5.74, 6) is -2.32. The quantitative estimate of drug-likeness (QED) is 0.366. The second kappa shape index (κ2) is 8.81. The van der Waals surface area contributed by atoms with Gasteiger partial charge in [0.2, 0.25) is 0 Å². The molecule has 3 amide bonds. The molecule has 0 unspecified atom stereocenters. The van der Waals surface area contributed by atoms with Crippen molar-refractivity contribution < 1.29 is 24.0 Å². The number of hydrogen-bond donors (Lipinski definition) is 2. The van der Waals surface area contributed by atoms with Gasteiger partial charge in [0.05, 0.1) is 6.42 Å². The van der Waals surface area contributed by atoms with E-state index < -0.39 is 29.1 Å². The van der Waals surface area contributed by atoms with Crippen molar-refractivity contribution in [1.82, 2.24) is 15.4 Å². The minimum absolute atomic E-state index is 0.0128. The van der Waals surface area contributed by atoms with Gasteiger partial charge < -0.3 is 10.6 Å². The van der Waals surface area contributed by atoms with Gasteiger partial charge in [-0.2, -0.15) is 5.48 Å². The SMILES string of the molecule is Cc1sc(C2=C(C(=O)ONC(=O)Cc3ccccc3)N3C(=O)C(=S)[C@@H]3SC2)nc1C(N)=O. The maximum atomic E-state index is 13.0. The number of hydrogen-bond acceptors (Lipinski definition) is 9. The molecular formula is C20H16N4O5S3. The lowest BCUT2D eigenvalue weighted by Crippen LogP contribution is -2.61. The number of thiocarbonyl (C=S) groups is 1. The summed E-state index contributed by atoms with van der Waals surface area (Å²) in [5.41, 5.74) is 8.68. The van der Waals surface area contributed by atoms with Crippen LogP contribution in [0.25, 0.3) is 5.57 Å². The lowest BCUT2D eigenvalue weighted by atomic mass is 10.1. The van der Waals surface area contributed by atoms with Gasteiger partial charge >= 0.3 is 5.97 Å². The predicted molar refractivity (Wildman–Crippen MR) is 122 cm³/mol. The van der Waals surface area contributed by atoms with Gasteiger partial charge in [0.15, 0.2) is 0 Å². The molecule has 1 fully saturated rings. The number of aromatic nitrogens is 1. The molecule has 1 aromatic carbocycles. The summed E-state index contributed by atoms with van der Waals surface area (Å²) in [6, 6.07) is 8.95. The van der Waals surface area contributed by atoms with E-state index >= 15 is 0 Å². The first-order valence-corrected chi connectivity index (χ1v) is 11.6. The Hall–Kier alpha value is -3.09. The number of primary amides is 1. The number of hydroxylamine groups is 1. The van der Waals surface area contributed by atoms with Gasteiger partial charge in [0.25, 0.3) is 17.7 Å². The normalized spacial score (nSPS) is 17.5. The van der Waals surface area contributed by atoms with Crippen molar-refractivity contribution in [2.45, 2.75) is 18.7 Å². The second-order valence-corrected chi connectivity index (χ2v) is 9.61. The standard InChI is InChI=1S/C20H16N4O5S3/c1-9-13(16(21)26)22-17(32-9)11-8-31-19-15(30)18(27)24(19)14(11)20(28)29-23-12(25)7-10-5-3-2-4-6-10/h2-6,19H,7-8H2,1H3,(H2,21,26)(H,23,25)/t19-/m0/s1. The topological polar surface area (TPSA) is 132 Å². The summed E-state index contributed by atoms with van der Waals surface area (Å²) < 4.78 is 0. The van der Waals surface area contributed by atoms with Crippen LogP contribution in [0.5, 0.6) is 0 Å². The number of thioether (sulfide) groups is 1. The zero-order valence-electron chi connectivity index (χ0n) is 16.6. The van der Waals surface area contributed by atoms with E-state index in [2.05, 4.69) is 10.5 Å². The number of nitrogens with one attached hydrogen (secondary N) is 1. The fourth-order valence-electron chi connectivity index (χ4n) is 3.23. The smallest absolute Gasteiger partial charge is 0.364 e. The van der Waals surface area contributed by atoms with Crippen molar-refractivity contribution >= 4 is 69.4 Å². The highest BCUT2D eigenvalue weighted by molar-refractivity contribution is 8.02. The Bertz CT molecular complexity index is 1190. The number of rotatable bonds is 5. The van der Waals surface area contributed by atoms with E-state index in [0.717, 1.165) is 5.56 Å². The molecule has 1 saturated heterocycles. The molecule has 0 bridgehead atoms. The van der Waals surface area contributed by atoms with Gasteiger partial charge in [-0.05, 0) is 12.5 Å². The van der Waals surface area contributed by atoms with Gasteiger partial charge in [-0.1, -0.05) is 42.5 Å². The predicted octanol–water partition coefficient (Wildman–Crippen LogP) is 1.36. The minimum Gasteiger partial charge on any atom is -0.364 e. The van der Waals surface area contributed by atoms with Gasteiger partial charge in [0.1, 0.15) is 26.6 Å².